The maximum atomic E-state index is 13.4. The van der Waals surface area contributed by atoms with Crippen molar-refractivity contribution < 1.29 is 18.0 Å². The van der Waals surface area contributed by atoms with E-state index in [1.807, 2.05) is 11.4 Å². The molecule has 0 aliphatic rings. The first kappa shape index (κ1) is 14.4. The summed E-state index contributed by atoms with van der Waals surface area (Å²) in [6, 6.07) is 8.72. The number of halogens is 3. The summed E-state index contributed by atoms with van der Waals surface area (Å²) in [5.74, 6) is -4.53. The van der Waals surface area contributed by atoms with Gasteiger partial charge in [0.25, 0.3) is 0 Å². The number of carbonyl (C=O) groups is 1. The molecule has 4 nitrogen and oxygen atoms in total. The summed E-state index contributed by atoms with van der Waals surface area (Å²) in [4.78, 5) is 11.7. The number of benzene rings is 2. The highest BCUT2D eigenvalue weighted by Crippen LogP contribution is 2.20. The van der Waals surface area contributed by atoms with E-state index in [0.29, 0.717) is 6.07 Å². The molecular weight excluding hydrogens is 283 g/mol. The van der Waals surface area contributed by atoms with Crippen molar-refractivity contribution in [3.05, 3.63) is 59.4 Å². The number of hydrogen-bond acceptors (Lipinski definition) is 2. The lowest BCUT2D eigenvalue weighted by Gasteiger charge is -2.09. The van der Waals surface area contributed by atoms with Gasteiger partial charge in [-0.25, -0.2) is 18.0 Å². The van der Waals surface area contributed by atoms with Gasteiger partial charge in [-0.2, -0.15) is 5.26 Å². The Kier molecular flexibility index (Phi) is 4.09. The Morgan fingerprint density at radius 3 is 2.33 bits per heavy atom. The molecule has 0 fully saturated rings. The van der Waals surface area contributed by atoms with Gasteiger partial charge in [-0.1, -0.05) is 12.1 Å². The van der Waals surface area contributed by atoms with E-state index in [1.54, 1.807) is 12.1 Å². The van der Waals surface area contributed by atoms with Crippen molar-refractivity contribution >= 4 is 17.4 Å². The Hall–Kier alpha value is -3.01. The molecule has 0 spiro atoms. The molecule has 0 saturated carbocycles. The first-order valence-corrected chi connectivity index (χ1v) is 5.73. The van der Waals surface area contributed by atoms with Crippen molar-refractivity contribution in [2.75, 3.05) is 10.6 Å². The van der Waals surface area contributed by atoms with Crippen molar-refractivity contribution in [1.82, 2.24) is 0 Å². The van der Waals surface area contributed by atoms with Gasteiger partial charge in [0.1, 0.15) is 6.07 Å². The number of para-hydroxylation sites is 1. The lowest BCUT2D eigenvalue weighted by Crippen LogP contribution is -2.21. The SMILES string of the molecule is N#Cc1ccccc1NC(=O)Nc1ccc(F)c(F)c1F. The van der Waals surface area contributed by atoms with Gasteiger partial charge in [-0.3, -0.25) is 0 Å². The molecule has 0 aliphatic heterocycles. The van der Waals surface area contributed by atoms with Crippen molar-refractivity contribution in [3.8, 4) is 6.07 Å². The molecule has 2 aromatic rings. The normalized spacial score (nSPS) is 9.81. The molecule has 0 atom stereocenters. The lowest BCUT2D eigenvalue weighted by molar-refractivity contribution is 0.262. The summed E-state index contributed by atoms with van der Waals surface area (Å²) in [5.41, 5.74) is -0.0975. The smallest absolute Gasteiger partial charge is 0.306 e. The number of nitrogens with one attached hydrogen (secondary N) is 2. The number of urea groups is 1. The van der Waals surface area contributed by atoms with Crippen LogP contribution in [0.4, 0.5) is 29.3 Å². The summed E-state index contributed by atoms with van der Waals surface area (Å²) in [5, 5.41) is 13.2. The Morgan fingerprint density at radius 1 is 0.952 bits per heavy atom. The zero-order valence-electron chi connectivity index (χ0n) is 10.5. The Bertz CT molecular complexity index is 741. The highest BCUT2D eigenvalue weighted by molar-refractivity contribution is 6.00. The van der Waals surface area contributed by atoms with Gasteiger partial charge in [0.2, 0.25) is 0 Å². The van der Waals surface area contributed by atoms with E-state index in [1.165, 1.54) is 12.1 Å². The van der Waals surface area contributed by atoms with E-state index in [0.717, 1.165) is 6.07 Å². The molecule has 106 valence electrons. The molecule has 0 bridgehead atoms. The topological polar surface area (TPSA) is 64.9 Å². The summed E-state index contributed by atoms with van der Waals surface area (Å²) >= 11 is 0. The number of nitrogens with zero attached hydrogens (tertiary/aromatic N) is 1. The second-order valence-electron chi connectivity index (χ2n) is 3.96. The number of amides is 2. The van der Waals surface area contributed by atoms with Crippen LogP contribution in [0, 0.1) is 28.8 Å². The minimum Gasteiger partial charge on any atom is -0.306 e. The lowest BCUT2D eigenvalue weighted by atomic mass is 10.2. The van der Waals surface area contributed by atoms with Crippen LogP contribution in [0.5, 0.6) is 0 Å². The third-order valence-electron chi connectivity index (χ3n) is 2.58. The van der Waals surface area contributed by atoms with Crippen LogP contribution in [-0.4, -0.2) is 6.03 Å². The van der Waals surface area contributed by atoms with Crippen LogP contribution in [0.2, 0.25) is 0 Å². The second-order valence-corrected chi connectivity index (χ2v) is 3.96. The third-order valence-corrected chi connectivity index (χ3v) is 2.58. The number of carbonyl (C=O) groups excluding carboxylic acids is 1. The van der Waals surface area contributed by atoms with Gasteiger partial charge in [0.05, 0.1) is 16.9 Å². The number of hydrogen-bond donors (Lipinski definition) is 2. The quantitative estimate of drug-likeness (QED) is 0.830. The molecular formula is C14H8F3N3O. The maximum Gasteiger partial charge on any atom is 0.323 e. The van der Waals surface area contributed by atoms with E-state index >= 15 is 0 Å². The predicted octanol–water partition coefficient (Wildman–Crippen LogP) is 3.62. The molecule has 0 radical (unpaired) electrons. The number of rotatable bonds is 2. The predicted molar refractivity (Wildman–Crippen MR) is 70.1 cm³/mol. The average Bonchev–Trinajstić information content (AvgIpc) is 2.48. The molecule has 0 aliphatic carbocycles. The molecule has 2 amide bonds. The van der Waals surface area contributed by atoms with Crippen molar-refractivity contribution in [1.29, 1.82) is 5.26 Å². The molecule has 7 heteroatoms. The van der Waals surface area contributed by atoms with Gasteiger partial charge in [-0.05, 0) is 24.3 Å². The van der Waals surface area contributed by atoms with E-state index in [9.17, 15) is 18.0 Å². The van der Waals surface area contributed by atoms with Gasteiger partial charge < -0.3 is 10.6 Å². The van der Waals surface area contributed by atoms with Gasteiger partial charge in [-0.15, -0.1) is 0 Å². The molecule has 21 heavy (non-hydrogen) atoms. The fraction of sp³-hybridized carbons (Fsp3) is 0. The molecule has 0 aromatic heterocycles. The Morgan fingerprint density at radius 2 is 1.62 bits per heavy atom. The fourth-order valence-corrected chi connectivity index (χ4v) is 1.59. The zero-order valence-corrected chi connectivity index (χ0v) is 10.5. The van der Waals surface area contributed by atoms with E-state index in [2.05, 4.69) is 5.32 Å². The van der Waals surface area contributed by atoms with E-state index < -0.39 is 29.2 Å². The van der Waals surface area contributed by atoms with Crippen LogP contribution in [0.15, 0.2) is 36.4 Å². The van der Waals surface area contributed by atoms with E-state index in [-0.39, 0.29) is 11.3 Å². The first-order valence-electron chi connectivity index (χ1n) is 5.73. The standard InChI is InChI=1S/C14H8F3N3O/c15-9-5-6-11(13(17)12(9)16)20-14(21)19-10-4-2-1-3-8(10)7-18/h1-6H,(H2,19,20,21). The first-order chi connectivity index (χ1) is 10.0. The second kappa shape index (κ2) is 5.96. The maximum absolute atomic E-state index is 13.4. The third kappa shape index (κ3) is 3.12. The van der Waals surface area contributed by atoms with Gasteiger partial charge in [0.15, 0.2) is 17.5 Å². The highest BCUT2D eigenvalue weighted by Gasteiger charge is 2.15. The fourth-order valence-electron chi connectivity index (χ4n) is 1.59. The molecule has 0 heterocycles. The molecule has 2 aromatic carbocycles. The number of anilines is 2. The highest BCUT2D eigenvalue weighted by atomic mass is 19.2. The van der Waals surface area contributed by atoms with Crippen molar-refractivity contribution in [2.24, 2.45) is 0 Å². The number of nitriles is 1. The minimum absolute atomic E-state index is 0.207. The Balaban J connectivity index is 2.16. The van der Waals surface area contributed by atoms with Gasteiger partial charge in [0, 0.05) is 0 Å². The molecule has 2 rings (SSSR count). The van der Waals surface area contributed by atoms with Crippen LogP contribution < -0.4 is 10.6 Å². The summed E-state index contributed by atoms with van der Waals surface area (Å²) in [7, 11) is 0. The van der Waals surface area contributed by atoms with Crippen LogP contribution in [-0.2, 0) is 0 Å². The monoisotopic (exact) mass is 291 g/mol. The molecule has 2 N–H and O–H groups in total. The van der Waals surface area contributed by atoms with Gasteiger partial charge >= 0.3 is 6.03 Å². The largest absolute Gasteiger partial charge is 0.323 e. The van der Waals surface area contributed by atoms with Crippen LogP contribution >= 0.6 is 0 Å². The summed E-state index contributed by atoms with van der Waals surface area (Å²) in [6.45, 7) is 0. The van der Waals surface area contributed by atoms with Crippen molar-refractivity contribution in [3.63, 3.8) is 0 Å². The minimum atomic E-state index is -1.68. The van der Waals surface area contributed by atoms with Crippen LogP contribution in [0.25, 0.3) is 0 Å². The Labute approximate surface area is 117 Å². The van der Waals surface area contributed by atoms with E-state index in [4.69, 9.17) is 5.26 Å². The summed E-state index contributed by atoms with van der Waals surface area (Å²) < 4.78 is 39.2. The van der Waals surface area contributed by atoms with Crippen LogP contribution in [0.1, 0.15) is 5.56 Å². The average molecular weight is 291 g/mol. The summed E-state index contributed by atoms with van der Waals surface area (Å²) in [6.07, 6.45) is 0. The molecule has 0 saturated heterocycles. The zero-order chi connectivity index (χ0) is 15.4. The van der Waals surface area contributed by atoms with Crippen molar-refractivity contribution in [2.45, 2.75) is 0 Å². The van der Waals surface area contributed by atoms with Crippen LogP contribution in [0.3, 0.4) is 0 Å². The molecule has 0 unspecified atom stereocenters.